The predicted octanol–water partition coefficient (Wildman–Crippen LogP) is 7.78. The van der Waals surface area contributed by atoms with E-state index < -0.39 is 0 Å². The van der Waals surface area contributed by atoms with Crippen LogP contribution in [0.5, 0.6) is 0 Å². The largest absolute Gasteiger partial charge is 0.296 e. The second-order valence-electron chi connectivity index (χ2n) is 10.7. The second kappa shape index (κ2) is 7.62. The van der Waals surface area contributed by atoms with Crippen molar-refractivity contribution in [3.63, 3.8) is 0 Å². The van der Waals surface area contributed by atoms with Gasteiger partial charge in [-0.2, -0.15) is 4.68 Å². The topological polar surface area (TPSA) is 20.3 Å². The average Bonchev–Trinajstić information content (AvgIpc) is 3.37. The standard InChI is InChI=1S/C35H26N3/c1-35(2)29-19-11-9-17-25(29)27-22-32-28(21-30(27)35)26-18-10-12-20-31(26)37(32)38-33(23-13-5-3-6-14-23)36-34(38)24-15-7-4-8-16-24/h3-22H,1-2H3/q+1. The molecule has 38 heavy (non-hydrogen) atoms. The summed E-state index contributed by atoms with van der Waals surface area (Å²) in [5, 5.41) is 2.52. The Bertz CT molecular complexity index is 1970. The molecule has 0 radical (unpaired) electrons. The molecule has 0 unspecified atom stereocenters. The second-order valence-corrected chi connectivity index (χ2v) is 10.7. The van der Waals surface area contributed by atoms with Gasteiger partial charge in [-0.25, -0.2) is 0 Å². The number of amidine groups is 2. The maximum Gasteiger partial charge on any atom is 0.296 e. The van der Waals surface area contributed by atoms with Gasteiger partial charge in [0.25, 0.3) is 11.7 Å². The minimum Gasteiger partial charge on any atom is -0.198 e. The number of benzene rings is 5. The molecule has 2 heterocycles. The number of nitrogens with zero attached hydrogens (tertiary/aromatic N) is 3. The van der Waals surface area contributed by atoms with Crippen molar-refractivity contribution in [2.75, 3.05) is 0 Å². The van der Waals surface area contributed by atoms with Gasteiger partial charge in [-0.15, -0.1) is 4.68 Å². The molecule has 0 saturated heterocycles. The predicted molar refractivity (Wildman–Crippen MR) is 156 cm³/mol. The van der Waals surface area contributed by atoms with E-state index in [1.54, 1.807) is 0 Å². The third-order valence-corrected chi connectivity index (χ3v) is 8.23. The number of aromatic nitrogens is 1. The molecule has 0 spiro atoms. The number of aliphatic imine (C=N–C) groups is 1. The third-order valence-electron chi connectivity index (χ3n) is 8.23. The molecule has 0 bridgehead atoms. The van der Waals surface area contributed by atoms with Crippen LogP contribution in [-0.4, -0.2) is 21.0 Å². The zero-order chi connectivity index (χ0) is 25.4. The normalized spacial score (nSPS) is 15.4. The van der Waals surface area contributed by atoms with Crippen LogP contribution in [0.25, 0.3) is 32.9 Å². The smallest absolute Gasteiger partial charge is 0.198 e. The Morgan fingerprint density at radius 2 is 1.24 bits per heavy atom. The van der Waals surface area contributed by atoms with Gasteiger partial charge in [0.05, 0.1) is 22.2 Å². The highest BCUT2D eigenvalue weighted by Gasteiger charge is 2.38. The SMILES string of the molecule is CC1(C)c2ccccc2-c2cc3c(cc21)c1ccccc1n3[N+]1=C(c2ccccc2)N=C1c1ccccc1. The van der Waals surface area contributed by atoms with Crippen molar-refractivity contribution in [3.05, 3.63) is 144 Å². The zero-order valence-electron chi connectivity index (χ0n) is 21.4. The van der Waals surface area contributed by atoms with Crippen molar-refractivity contribution in [3.8, 4) is 11.1 Å². The van der Waals surface area contributed by atoms with Gasteiger partial charge in [0.2, 0.25) is 0 Å². The van der Waals surface area contributed by atoms with Gasteiger partial charge in [-0.05, 0) is 64.7 Å². The number of hydrogen-bond acceptors (Lipinski definition) is 1. The maximum atomic E-state index is 5.08. The molecule has 0 atom stereocenters. The molecule has 0 saturated carbocycles. The van der Waals surface area contributed by atoms with E-state index in [2.05, 4.69) is 145 Å². The van der Waals surface area contributed by atoms with Crippen LogP contribution in [0.4, 0.5) is 0 Å². The maximum absolute atomic E-state index is 5.08. The van der Waals surface area contributed by atoms with Gasteiger partial charge in [-0.3, -0.25) is 0 Å². The fraction of sp³-hybridized carbons (Fsp3) is 0.0857. The quantitative estimate of drug-likeness (QED) is 0.227. The number of fused-ring (bicyclic) bond motifs is 6. The number of hydrogen-bond donors (Lipinski definition) is 0. The Hall–Kier alpha value is -4.76. The summed E-state index contributed by atoms with van der Waals surface area (Å²) >= 11 is 0. The minimum absolute atomic E-state index is 0.0436. The van der Waals surface area contributed by atoms with Gasteiger partial charge in [0, 0.05) is 16.2 Å². The van der Waals surface area contributed by atoms with Crippen molar-refractivity contribution in [1.29, 1.82) is 0 Å². The first-order valence-electron chi connectivity index (χ1n) is 13.2. The van der Waals surface area contributed by atoms with Crippen LogP contribution in [0.15, 0.2) is 126 Å². The summed E-state index contributed by atoms with van der Waals surface area (Å²) in [6.45, 7) is 4.69. The highest BCUT2D eigenvalue weighted by atomic mass is 15.6. The zero-order valence-corrected chi connectivity index (χ0v) is 21.4. The summed E-state index contributed by atoms with van der Waals surface area (Å²) in [5.74, 6) is 1.90. The lowest BCUT2D eigenvalue weighted by Crippen LogP contribution is -2.41. The summed E-state index contributed by atoms with van der Waals surface area (Å²) in [6.07, 6.45) is 0. The van der Waals surface area contributed by atoms with Gasteiger partial charge in [0.1, 0.15) is 0 Å². The Morgan fingerprint density at radius 1 is 0.579 bits per heavy atom. The van der Waals surface area contributed by atoms with Crippen LogP contribution >= 0.6 is 0 Å². The van der Waals surface area contributed by atoms with E-state index in [1.807, 2.05) is 0 Å². The lowest BCUT2D eigenvalue weighted by molar-refractivity contribution is -0.475. The van der Waals surface area contributed by atoms with Gasteiger partial charge in [-0.1, -0.05) is 97.7 Å². The lowest BCUT2D eigenvalue weighted by Gasteiger charge is -2.22. The molecule has 2 aliphatic rings. The fourth-order valence-electron chi connectivity index (χ4n) is 6.35. The molecule has 0 N–H and O–H groups in total. The van der Waals surface area contributed by atoms with Crippen molar-refractivity contribution in [1.82, 2.24) is 4.68 Å². The third kappa shape index (κ3) is 2.79. The van der Waals surface area contributed by atoms with E-state index in [0.29, 0.717) is 0 Å². The van der Waals surface area contributed by atoms with E-state index in [0.717, 1.165) is 22.8 Å². The molecule has 0 amide bonds. The van der Waals surface area contributed by atoms with E-state index >= 15 is 0 Å². The molecule has 1 aliphatic heterocycles. The van der Waals surface area contributed by atoms with Crippen molar-refractivity contribution >= 4 is 33.5 Å². The van der Waals surface area contributed by atoms with Crippen molar-refractivity contribution < 1.29 is 4.68 Å². The Balaban J connectivity index is 1.48. The Morgan fingerprint density at radius 3 is 2.03 bits per heavy atom. The number of rotatable bonds is 3. The first-order valence-corrected chi connectivity index (χ1v) is 13.2. The molecule has 0 fully saturated rings. The van der Waals surface area contributed by atoms with E-state index in [-0.39, 0.29) is 5.41 Å². The first-order chi connectivity index (χ1) is 18.6. The van der Waals surface area contributed by atoms with Crippen molar-refractivity contribution in [2.45, 2.75) is 19.3 Å². The average molecular weight is 489 g/mol. The van der Waals surface area contributed by atoms with Crippen LogP contribution < -0.4 is 0 Å². The summed E-state index contributed by atoms with van der Waals surface area (Å²) in [6, 6.07) is 43.4. The molecule has 5 aromatic carbocycles. The van der Waals surface area contributed by atoms with E-state index in [1.165, 1.54) is 44.1 Å². The molecule has 180 valence electrons. The summed E-state index contributed by atoms with van der Waals surface area (Å²) in [5.41, 5.74) is 9.96. The van der Waals surface area contributed by atoms with Gasteiger partial charge < -0.3 is 0 Å². The summed E-state index contributed by atoms with van der Waals surface area (Å²) in [4.78, 5) is 5.08. The minimum atomic E-state index is -0.0436. The molecule has 8 rings (SSSR count). The van der Waals surface area contributed by atoms with E-state index in [4.69, 9.17) is 4.99 Å². The van der Waals surface area contributed by atoms with Crippen molar-refractivity contribution in [2.24, 2.45) is 4.99 Å². The fourth-order valence-corrected chi connectivity index (χ4v) is 6.35. The van der Waals surface area contributed by atoms with Gasteiger partial charge >= 0.3 is 0 Å². The number of para-hydroxylation sites is 1. The Kier molecular flexibility index (Phi) is 4.28. The van der Waals surface area contributed by atoms with Gasteiger partial charge in [0.15, 0.2) is 0 Å². The summed E-state index contributed by atoms with van der Waals surface area (Å²) < 4.78 is 4.67. The van der Waals surface area contributed by atoms with Crippen LogP contribution in [0.1, 0.15) is 36.1 Å². The molecule has 1 aromatic heterocycles. The van der Waals surface area contributed by atoms with Crippen LogP contribution in [0.2, 0.25) is 0 Å². The van der Waals surface area contributed by atoms with Crippen LogP contribution in [-0.2, 0) is 5.41 Å². The van der Waals surface area contributed by atoms with Crippen LogP contribution in [0, 0.1) is 0 Å². The first kappa shape index (κ1) is 21.3. The molecular weight excluding hydrogens is 462 g/mol. The molecule has 3 heteroatoms. The Labute approximate surface area is 221 Å². The molecular formula is C35H26N3+. The molecule has 1 aliphatic carbocycles. The monoisotopic (exact) mass is 488 g/mol. The molecule has 6 aromatic rings. The van der Waals surface area contributed by atoms with E-state index in [9.17, 15) is 0 Å². The van der Waals surface area contributed by atoms with Crippen LogP contribution in [0.3, 0.4) is 0 Å². The highest BCUT2D eigenvalue weighted by Crippen LogP contribution is 2.50. The molecule has 3 nitrogen and oxygen atoms in total. The summed E-state index contributed by atoms with van der Waals surface area (Å²) in [7, 11) is 0. The highest BCUT2D eigenvalue weighted by molar-refractivity contribution is 6.16. The lowest BCUT2D eigenvalue weighted by atomic mass is 9.82.